The quantitative estimate of drug-likeness (QED) is 0.838. The van der Waals surface area contributed by atoms with E-state index in [1.807, 2.05) is 26.0 Å². The second kappa shape index (κ2) is 5.28. The van der Waals surface area contributed by atoms with E-state index in [1.54, 1.807) is 4.31 Å². The van der Waals surface area contributed by atoms with Crippen LogP contribution in [0.5, 0.6) is 0 Å². The number of hydrogen-bond donors (Lipinski definition) is 1. The van der Waals surface area contributed by atoms with Crippen molar-refractivity contribution in [2.45, 2.75) is 20.3 Å². The number of anilines is 1. The summed E-state index contributed by atoms with van der Waals surface area (Å²) < 4.78 is 26.1. The summed E-state index contributed by atoms with van der Waals surface area (Å²) in [6.07, 6.45) is 0.840. The minimum absolute atomic E-state index is 0.167. The smallest absolute Gasteiger partial charge is 0.236 e. The van der Waals surface area contributed by atoms with Crippen molar-refractivity contribution < 1.29 is 8.42 Å². The lowest BCUT2D eigenvalue weighted by atomic mass is 10.1. The summed E-state index contributed by atoms with van der Waals surface area (Å²) in [5, 5.41) is 3.13. The molecule has 1 aromatic rings. The van der Waals surface area contributed by atoms with Gasteiger partial charge in [0.1, 0.15) is 0 Å². The van der Waals surface area contributed by atoms with Crippen molar-refractivity contribution in [1.82, 2.24) is 5.32 Å². The molecule has 1 aliphatic heterocycles. The fourth-order valence-electron chi connectivity index (χ4n) is 2.31. The molecule has 1 heterocycles. The number of sulfonamides is 1. The molecular formula is C13H20N2O2S. The Hall–Kier alpha value is -1.07. The van der Waals surface area contributed by atoms with Gasteiger partial charge in [-0.3, -0.25) is 4.31 Å². The third-order valence-corrected chi connectivity index (χ3v) is 4.87. The van der Waals surface area contributed by atoms with Gasteiger partial charge in [0.15, 0.2) is 0 Å². The molecule has 2 rings (SSSR count). The Bertz CT molecular complexity index is 506. The first-order valence-corrected chi connectivity index (χ1v) is 7.89. The lowest BCUT2D eigenvalue weighted by Crippen LogP contribution is -2.41. The molecule has 100 valence electrons. The van der Waals surface area contributed by atoms with Crippen molar-refractivity contribution >= 4 is 15.7 Å². The summed E-state index contributed by atoms with van der Waals surface area (Å²) in [5.41, 5.74) is 3.00. The predicted molar refractivity (Wildman–Crippen MR) is 74.5 cm³/mol. The maximum absolute atomic E-state index is 12.3. The van der Waals surface area contributed by atoms with Gasteiger partial charge in [0.25, 0.3) is 0 Å². The number of nitrogens with zero attached hydrogens (tertiary/aromatic N) is 1. The Morgan fingerprint density at radius 1 is 1.11 bits per heavy atom. The number of benzene rings is 1. The molecule has 18 heavy (non-hydrogen) atoms. The van der Waals surface area contributed by atoms with Crippen molar-refractivity contribution in [3.63, 3.8) is 0 Å². The molecule has 1 N–H and O–H groups in total. The van der Waals surface area contributed by atoms with Gasteiger partial charge in [-0.1, -0.05) is 6.07 Å². The molecule has 0 spiro atoms. The van der Waals surface area contributed by atoms with Crippen LogP contribution >= 0.6 is 0 Å². The van der Waals surface area contributed by atoms with Crippen LogP contribution in [0.2, 0.25) is 0 Å². The zero-order valence-electron chi connectivity index (χ0n) is 10.9. The molecule has 0 aromatic heterocycles. The third kappa shape index (κ3) is 3.03. The molecule has 0 amide bonds. The first kappa shape index (κ1) is 13.4. The summed E-state index contributed by atoms with van der Waals surface area (Å²) >= 11 is 0. The normalized spacial score (nSPS) is 20.2. The number of hydrogen-bond acceptors (Lipinski definition) is 3. The van der Waals surface area contributed by atoms with Gasteiger partial charge >= 0.3 is 0 Å². The lowest BCUT2D eigenvalue weighted by molar-refractivity contribution is 0.572. The van der Waals surface area contributed by atoms with Crippen LogP contribution in [0.3, 0.4) is 0 Å². The van der Waals surface area contributed by atoms with E-state index in [0.29, 0.717) is 13.1 Å². The predicted octanol–water partition coefficient (Wildman–Crippen LogP) is 1.43. The van der Waals surface area contributed by atoms with E-state index < -0.39 is 10.0 Å². The zero-order valence-corrected chi connectivity index (χ0v) is 11.8. The Kier molecular flexibility index (Phi) is 3.92. The van der Waals surface area contributed by atoms with Gasteiger partial charge in [-0.15, -0.1) is 0 Å². The van der Waals surface area contributed by atoms with Crippen molar-refractivity contribution in [3.8, 4) is 0 Å². The summed E-state index contributed by atoms with van der Waals surface area (Å²) in [4.78, 5) is 0. The highest BCUT2D eigenvalue weighted by Gasteiger charge is 2.23. The van der Waals surface area contributed by atoms with Gasteiger partial charge in [-0.05, 0) is 50.1 Å². The van der Waals surface area contributed by atoms with Crippen LogP contribution in [0.25, 0.3) is 0 Å². The second-order valence-corrected chi connectivity index (χ2v) is 6.85. The van der Waals surface area contributed by atoms with Crippen LogP contribution < -0.4 is 9.62 Å². The van der Waals surface area contributed by atoms with Crippen molar-refractivity contribution in [2.75, 3.05) is 29.7 Å². The standard InChI is InChI=1S/C13H20N2O2S/c1-11-8-12(2)10-13(9-11)15-6-3-4-14-5-7-18(15,16)17/h8-10,14H,3-7H2,1-2H3. The summed E-state index contributed by atoms with van der Waals surface area (Å²) in [6.45, 7) is 5.95. The molecule has 0 bridgehead atoms. The molecule has 1 aliphatic rings. The van der Waals surface area contributed by atoms with Gasteiger partial charge in [-0.25, -0.2) is 8.42 Å². The first-order valence-electron chi connectivity index (χ1n) is 6.28. The van der Waals surface area contributed by atoms with Gasteiger partial charge in [0.05, 0.1) is 11.4 Å². The first-order chi connectivity index (χ1) is 8.49. The summed E-state index contributed by atoms with van der Waals surface area (Å²) in [7, 11) is -3.20. The Morgan fingerprint density at radius 2 is 1.78 bits per heavy atom. The number of aryl methyl sites for hydroxylation is 2. The molecule has 0 radical (unpaired) electrons. The minimum atomic E-state index is -3.20. The molecular weight excluding hydrogens is 248 g/mol. The van der Waals surface area contributed by atoms with E-state index in [9.17, 15) is 8.42 Å². The Morgan fingerprint density at radius 3 is 2.44 bits per heavy atom. The van der Waals surface area contributed by atoms with Gasteiger partial charge < -0.3 is 5.32 Å². The molecule has 1 fully saturated rings. The van der Waals surface area contributed by atoms with Crippen molar-refractivity contribution in [3.05, 3.63) is 29.3 Å². The van der Waals surface area contributed by atoms with E-state index in [-0.39, 0.29) is 5.75 Å². The molecule has 1 aromatic carbocycles. The van der Waals surface area contributed by atoms with Gasteiger partial charge in [0.2, 0.25) is 10.0 Å². The minimum Gasteiger partial charge on any atom is -0.316 e. The zero-order chi connectivity index (χ0) is 13.2. The van der Waals surface area contributed by atoms with E-state index in [4.69, 9.17) is 0 Å². The number of nitrogens with one attached hydrogen (secondary N) is 1. The van der Waals surface area contributed by atoms with Crippen LogP contribution in [0.4, 0.5) is 5.69 Å². The van der Waals surface area contributed by atoms with E-state index in [2.05, 4.69) is 11.4 Å². The molecule has 4 nitrogen and oxygen atoms in total. The van der Waals surface area contributed by atoms with Crippen LogP contribution in [-0.4, -0.2) is 33.8 Å². The average Bonchev–Trinajstić information content (AvgIpc) is 2.23. The topological polar surface area (TPSA) is 49.4 Å². The second-order valence-electron chi connectivity index (χ2n) is 4.84. The molecule has 0 unspecified atom stereocenters. The monoisotopic (exact) mass is 268 g/mol. The van der Waals surface area contributed by atoms with Gasteiger partial charge in [-0.2, -0.15) is 0 Å². The molecule has 0 saturated carbocycles. The fourth-order valence-corrected chi connectivity index (χ4v) is 3.76. The van der Waals surface area contributed by atoms with Crippen LogP contribution in [-0.2, 0) is 10.0 Å². The SMILES string of the molecule is Cc1cc(C)cc(N2CCCNCCS2(=O)=O)c1. The maximum atomic E-state index is 12.3. The van der Waals surface area contributed by atoms with Gasteiger partial charge in [0, 0.05) is 13.1 Å². The number of rotatable bonds is 1. The van der Waals surface area contributed by atoms with Crippen LogP contribution in [0.15, 0.2) is 18.2 Å². The summed E-state index contributed by atoms with van der Waals surface area (Å²) in [5.74, 6) is 0.167. The Labute approximate surface area is 109 Å². The molecule has 0 aliphatic carbocycles. The summed E-state index contributed by atoms with van der Waals surface area (Å²) in [6, 6.07) is 5.95. The Balaban J connectivity index is 2.38. The largest absolute Gasteiger partial charge is 0.316 e. The van der Waals surface area contributed by atoms with Crippen molar-refractivity contribution in [2.24, 2.45) is 0 Å². The molecule has 1 saturated heterocycles. The lowest BCUT2D eigenvalue weighted by Gasteiger charge is -2.27. The van der Waals surface area contributed by atoms with Crippen LogP contribution in [0, 0.1) is 13.8 Å². The van der Waals surface area contributed by atoms with Crippen molar-refractivity contribution in [1.29, 1.82) is 0 Å². The highest BCUT2D eigenvalue weighted by molar-refractivity contribution is 7.92. The van der Waals surface area contributed by atoms with E-state index in [0.717, 1.165) is 29.8 Å². The molecule has 0 atom stereocenters. The fraction of sp³-hybridized carbons (Fsp3) is 0.538. The van der Waals surface area contributed by atoms with E-state index in [1.165, 1.54) is 0 Å². The third-order valence-electron chi connectivity index (χ3n) is 3.08. The van der Waals surface area contributed by atoms with E-state index >= 15 is 0 Å². The van der Waals surface area contributed by atoms with Crippen LogP contribution in [0.1, 0.15) is 17.5 Å². The molecule has 5 heteroatoms. The maximum Gasteiger partial charge on any atom is 0.236 e. The average molecular weight is 268 g/mol. The highest BCUT2D eigenvalue weighted by atomic mass is 32.2. The highest BCUT2D eigenvalue weighted by Crippen LogP contribution is 2.22.